The highest BCUT2D eigenvalue weighted by Gasteiger charge is 2.12. The molecule has 9 rings (SSSR count). The van der Waals surface area contributed by atoms with Crippen LogP contribution < -0.4 is 0 Å². The molecule has 0 unspecified atom stereocenters. The van der Waals surface area contributed by atoms with E-state index in [1.165, 1.54) is 5.39 Å². The van der Waals surface area contributed by atoms with Gasteiger partial charge in [-0.1, -0.05) is 127 Å². The second-order valence-corrected chi connectivity index (χ2v) is 10.6. The van der Waals surface area contributed by atoms with E-state index >= 15 is 0 Å². The summed E-state index contributed by atoms with van der Waals surface area (Å²) in [6, 6.07) is 41.4. The van der Waals surface area contributed by atoms with Crippen molar-refractivity contribution in [2.45, 2.75) is 0 Å². The van der Waals surface area contributed by atoms with Gasteiger partial charge in [0.2, 0.25) is 0 Å². The predicted octanol–water partition coefficient (Wildman–Crippen LogP) is 11.4. The quantitative estimate of drug-likeness (QED) is 0.161. The van der Waals surface area contributed by atoms with Crippen LogP contribution in [0.2, 0.25) is 0 Å². The Balaban J connectivity index is 1.28. The Morgan fingerprint density at radius 3 is 1.73 bits per heavy atom. The van der Waals surface area contributed by atoms with Crippen molar-refractivity contribution >= 4 is 64.6 Å². The van der Waals surface area contributed by atoms with Crippen molar-refractivity contribution in [3.8, 4) is 22.3 Å². The molecule has 0 amide bonds. The van der Waals surface area contributed by atoms with Crippen LogP contribution in [-0.2, 0) is 0 Å². The summed E-state index contributed by atoms with van der Waals surface area (Å²) in [4.78, 5) is 0. The third-order valence-electron chi connectivity index (χ3n) is 8.42. The molecule has 0 nitrogen and oxygen atoms in total. The highest BCUT2D eigenvalue weighted by molar-refractivity contribution is 6.25. The molecular formula is C40H24. The summed E-state index contributed by atoms with van der Waals surface area (Å²) in [5.74, 6) is 0. The number of hydrogen-bond acceptors (Lipinski definition) is 0. The summed E-state index contributed by atoms with van der Waals surface area (Å²) in [6.45, 7) is 0. The largest absolute Gasteiger partial charge is 0.0629 e. The third kappa shape index (κ3) is 3.14. The Morgan fingerprint density at radius 2 is 0.900 bits per heavy atom. The van der Waals surface area contributed by atoms with Crippen molar-refractivity contribution in [3.63, 3.8) is 0 Å². The molecule has 0 aromatic heterocycles. The number of rotatable bonds is 2. The van der Waals surface area contributed by atoms with Gasteiger partial charge in [-0.15, -0.1) is 0 Å². The van der Waals surface area contributed by atoms with Gasteiger partial charge >= 0.3 is 0 Å². The smallest absolute Gasteiger partial charge is 0.0616 e. The van der Waals surface area contributed by atoms with Gasteiger partial charge in [-0.05, 0) is 105 Å². The topological polar surface area (TPSA) is 0 Å². The first-order valence-corrected chi connectivity index (χ1v) is 13.6. The number of hydrogen-bond donors (Lipinski definition) is 0. The van der Waals surface area contributed by atoms with Gasteiger partial charge in [0.25, 0.3) is 0 Å². The summed E-state index contributed by atoms with van der Waals surface area (Å²) in [7, 11) is 0. The average Bonchev–Trinajstić information content (AvgIpc) is 3.06. The molecule has 9 aromatic rings. The molecule has 0 aliphatic rings. The minimum atomic E-state index is -0.0308. The summed E-state index contributed by atoms with van der Waals surface area (Å²) in [5.41, 5.74) is 2.05. The highest BCUT2D eigenvalue weighted by atomic mass is 14.2. The monoisotopic (exact) mass is 508 g/mol. The molecule has 0 atom stereocenters. The molecule has 184 valence electrons. The van der Waals surface area contributed by atoms with E-state index in [-0.39, 0.29) is 24.2 Å². The van der Waals surface area contributed by atoms with E-state index in [1.54, 1.807) is 0 Å². The van der Waals surface area contributed by atoms with Gasteiger partial charge in [0, 0.05) is 0 Å². The standard InChI is InChI=1S/C40H24/c1-2-5-32-23-38-34(22-31(32)4-1)17-13-27-12-16-33(24-37(27)38)25-8-10-26(11-9-25)35-20-18-30-15-14-28-6-3-7-29-19-21-36(35)40(30)39(28)29/h1-24H/i8D,9D,10D,11D. The van der Waals surface area contributed by atoms with Gasteiger partial charge in [0.15, 0.2) is 0 Å². The predicted molar refractivity (Wildman–Crippen MR) is 174 cm³/mol. The van der Waals surface area contributed by atoms with Gasteiger partial charge in [-0.3, -0.25) is 0 Å². The average molecular weight is 509 g/mol. The zero-order valence-electron chi connectivity index (χ0n) is 25.5. The highest BCUT2D eigenvalue weighted by Crippen LogP contribution is 2.40. The zero-order valence-corrected chi connectivity index (χ0v) is 21.5. The van der Waals surface area contributed by atoms with Crippen molar-refractivity contribution in [3.05, 3.63) is 145 Å². The van der Waals surface area contributed by atoms with Crippen LogP contribution in [0.25, 0.3) is 86.9 Å². The first kappa shape index (κ1) is 18.2. The molecule has 0 N–H and O–H groups in total. The van der Waals surface area contributed by atoms with Crippen molar-refractivity contribution in [1.29, 1.82) is 0 Å². The molecule has 0 saturated carbocycles. The maximum absolute atomic E-state index is 9.19. The Morgan fingerprint density at radius 1 is 0.325 bits per heavy atom. The lowest BCUT2D eigenvalue weighted by Crippen LogP contribution is -1.87. The fraction of sp³-hybridized carbons (Fsp3) is 0. The summed E-state index contributed by atoms with van der Waals surface area (Å²) in [5, 5.41) is 13.2. The van der Waals surface area contributed by atoms with Crippen LogP contribution in [0.15, 0.2) is 145 Å². The van der Waals surface area contributed by atoms with Gasteiger partial charge in [-0.2, -0.15) is 0 Å². The van der Waals surface area contributed by atoms with E-state index in [9.17, 15) is 2.74 Å². The summed E-state index contributed by atoms with van der Waals surface area (Å²) in [6.07, 6.45) is 0. The van der Waals surface area contributed by atoms with Crippen LogP contribution in [0.1, 0.15) is 5.48 Å². The second kappa shape index (κ2) is 8.15. The van der Waals surface area contributed by atoms with Crippen LogP contribution in [0, 0.1) is 0 Å². The van der Waals surface area contributed by atoms with Crippen molar-refractivity contribution < 1.29 is 5.48 Å². The molecule has 0 saturated heterocycles. The molecule has 40 heavy (non-hydrogen) atoms. The minimum absolute atomic E-state index is 0.0277. The molecule has 0 fully saturated rings. The maximum Gasteiger partial charge on any atom is 0.0629 e. The summed E-state index contributed by atoms with van der Waals surface area (Å²) >= 11 is 0. The number of fused-ring (bicyclic) bond motifs is 4. The molecule has 0 spiro atoms. The minimum Gasteiger partial charge on any atom is -0.0616 e. The van der Waals surface area contributed by atoms with Crippen molar-refractivity contribution in [2.75, 3.05) is 0 Å². The molecule has 0 bridgehead atoms. The molecule has 0 heterocycles. The molecule has 0 aliphatic heterocycles. The Bertz CT molecular complexity index is 2610. The summed E-state index contributed by atoms with van der Waals surface area (Å²) < 4.78 is 36.7. The van der Waals surface area contributed by atoms with Crippen molar-refractivity contribution in [1.82, 2.24) is 0 Å². The third-order valence-corrected chi connectivity index (χ3v) is 8.42. The lowest BCUT2D eigenvalue weighted by atomic mass is 9.89. The van der Waals surface area contributed by atoms with Crippen LogP contribution in [0.3, 0.4) is 0 Å². The molecule has 0 radical (unpaired) electrons. The van der Waals surface area contributed by atoms with E-state index in [4.69, 9.17) is 2.74 Å². The fourth-order valence-corrected chi connectivity index (χ4v) is 6.44. The first-order chi connectivity index (χ1) is 21.5. The zero-order chi connectivity index (χ0) is 29.7. The Hall–Kier alpha value is -5.20. The molecular weight excluding hydrogens is 480 g/mol. The van der Waals surface area contributed by atoms with Crippen LogP contribution >= 0.6 is 0 Å². The lowest BCUT2D eigenvalue weighted by molar-refractivity contribution is 1.63. The first-order valence-electron chi connectivity index (χ1n) is 15.6. The Labute approximate surface area is 237 Å². The van der Waals surface area contributed by atoms with E-state index in [1.807, 2.05) is 42.5 Å². The molecule has 9 aromatic carbocycles. The fourth-order valence-electron chi connectivity index (χ4n) is 6.44. The van der Waals surface area contributed by atoms with Crippen LogP contribution in [0.4, 0.5) is 0 Å². The second-order valence-electron chi connectivity index (χ2n) is 10.6. The van der Waals surface area contributed by atoms with E-state index in [2.05, 4.69) is 78.9 Å². The van der Waals surface area contributed by atoms with E-state index in [0.29, 0.717) is 16.7 Å². The SMILES string of the molecule is [2H]c1c([2H])c(-c2ccc3ccc4cccc5ccc2c3c45)c([2H])c([2H])c1-c1ccc2ccc3cc4ccccc4cc3c2c1. The van der Waals surface area contributed by atoms with Crippen LogP contribution in [0.5, 0.6) is 0 Å². The lowest BCUT2D eigenvalue weighted by Gasteiger charge is -2.14. The van der Waals surface area contributed by atoms with Crippen LogP contribution in [-0.4, -0.2) is 0 Å². The van der Waals surface area contributed by atoms with E-state index < -0.39 is 0 Å². The van der Waals surface area contributed by atoms with Crippen molar-refractivity contribution in [2.24, 2.45) is 0 Å². The maximum atomic E-state index is 9.19. The number of benzene rings is 9. The van der Waals surface area contributed by atoms with Gasteiger partial charge < -0.3 is 0 Å². The normalized spacial score (nSPS) is 13.4. The molecule has 0 heteroatoms. The molecule has 0 aliphatic carbocycles. The van der Waals surface area contributed by atoms with Gasteiger partial charge in [-0.25, -0.2) is 0 Å². The van der Waals surface area contributed by atoms with Gasteiger partial charge in [0.1, 0.15) is 0 Å². The van der Waals surface area contributed by atoms with Gasteiger partial charge in [0.05, 0.1) is 5.48 Å². The van der Waals surface area contributed by atoms with E-state index in [0.717, 1.165) is 64.8 Å². The Kier molecular flexibility index (Phi) is 3.70.